The molecule has 0 bridgehead atoms. The van der Waals surface area contributed by atoms with E-state index in [1.807, 2.05) is 44.4 Å². The molecule has 0 spiro atoms. The van der Waals surface area contributed by atoms with Gasteiger partial charge in [0.05, 0.1) is 6.61 Å². The average Bonchev–Trinajstić information content (AvgIpc) is 2.45. The van der Waals surface area contributed by atoms with Crippen molar-refractivity contribution < 1.29 is 5.11 Å². The van der Waals surface area contributed by atoms with Gasteiger partial charge >= 0.3 is 0 Å². The van der Waals surface area contributed by atoms with Crippen LogP contribution < -0.4 is 4.90 Å². The van der Waals surface area contributed by atoms with Gasteiger partial charge in [0.1, 0.15) is 0 Å². The molecule has 2 rings (SSSR count). The third kappa shape index (κ3) is 3.55. The number of aryl methyl sites for hydroxylation is 1. The van der Waals surface area contributed by atoms with Crippen LogP contribution in [0.3, 0.4) is 0 Å². The van der Waals surface area contributed by atoms with Crippen molar-refractivity contribution in [1.29, 1.82) is 0 Å². The fourth-order valence-corrected chi connectivity index (χ4v) is 2.16. The van der Waals surface area contributed by atoms with E-state index in [0.717, 1.165) is 29.9 Å². The van der Waals surface area contributed by atoms with Gasteiger partial charge in [0.25, 0.3) is 0 Å². The van der Waals surface area contributed by atoms with Gasteiger partial charge in [-0.05, 0) is 25.1 Å². The van der Waals surface area contributed by atoms with E-state index in [1.165, 1.54) is 5.56 Å². The number of aliphatic hydroxyl groups excluding tert-OH is 1. The molecular weight excluding hydrogens is 236 g/mol. The molecule has 0 fully saturated rings. The Bertz CT molecular complexity index is 526. The number of anilines is 1. The first kappa shape index (κ1) is 13.6. The molecule has 0 saturated heterocycles. The van der Waals surface area contributed by atoms with Crippen molar-refractivity contribution >= 4 is 5.69 Å². The minimum absolute atomic E-state index is 0.0743. The second-order valence-corrected chi connectivity index (χ2v) is 4.78. The number of hydrogen-bond donors (Lipinski definition) is 1. The van der Waals surface area contributed by atoms with Crippen LogP contribution in [0, 0.1) is 6.92 Å². The van der Waals surface area contributed by atoms with Crippen LogP contribution in [0.15, 0.2) is 42.6 Å². The van der Waals surface area contributed by atoms with E-state index in [-0.39, 0.29) is 6.61 Å². The van der Waals surface area contributed by atoms with Gasteiger partial charge in [-0.15, -0.1) is 0 Å². The predicted octanol–water partition coefficient (Wildman–Crippen LogP) is 2.56. The van der Waals surface area contributed by atoms with Gasteiger partial charge in [0, 0.05) is 43.2 Å². The molecule has 19 heavy (non-hydrogen) atoms. The van der Waals surface area contributed by atoms with Crippen LogP contribution >= 0.6 is 0 Å². The summed E-state index contributed by atoms with van der Waals surface area (Å²) in [5.41, 5.74) is 4.32. The van der Waals surface area contributed by atoms with Crippen LogP contribution in [-0.2, 0) is 13.0 Å². The highest BCUT2D eigenvalue weighted by atomic mass is 16.3. The molecule has 0 aliphatic carbocycles. The van der Waals surface area contributed by atoms with Crippen molar-refractivity contribution in [1.82, 2.24) is 4.98 Å². The molecule has 0 aliphatic rings. The number of benzene rings is 1. The molecule has 2 aromatic rings. The Morgan fingerprint density at radius 2 is 2.05 bits per heavy atom. The standard InChI is InChI=1S/C16H20N2O/c1-13-6-7-16(14(11-13)12-19)18(2)10-8-15-5-3-4-9-17-15/h3-7,9,11,19H,8,10,12H2,1-2H3. The largest absolute Gasteiger partial charge is 0.392 e. The molecule has 0 saturated carbocycles. The maximum atomic E-state index is 9.44. The Hall–Kier alpha value is -1.87. The summed E-state index contributed by atoms with van der Waals surface area (Å²) >= 11 is 0. The first-order chi connectivity index (χ1) is 9.20. The lowest BCUT2D eigenvalue weighted by Crippen LogP contribution is -2.22. The van der Waals surface area contributed by atoms with Gasteiger partial charge < -0.3 is 10.0 Å². The molecule has 0 aliphatic heterocycles. The number of aliphatic hydroxyl groups is 1. The zero-order valence-electron chi connectivity index (χ0n) is 11.5. The highest BCUT2D eigenvalue weighted by molar-refractivity contribution is 5.54. The smallest absolute Gasteiger partial charge is 0.0702 e. The average molecular weight is 256 g/mol. The fourth-order valence-electron chi connectivity index (χ4n) is 2.16. The Morgan fingerprint density at radius 1 is 1.21 bits per heavy atom. The number of aromatic nitrogens is 1. The van der Waals surface area contributed by atoms with Gasteiger partial charge in [-0.1, -0.05) is 23.8 Å². The number of rotatable bonds is 5. The molecule has 3 nitrogen and oxygen atoms in total. The van der Waals surface area contributed by atoms with Crippen LogP contribution in [0.5, 0.6) is 0 Å². The maximum Gasteiger partial charge on any atom is 0.0702 e. The molecule has 0 atom stereocenters. The minimum Gasteiger partial charge on any atom is -0.392 e. The second-order valence-electron chi connectivity index (χ2n) is 4.78. The molecule has 3 heteroatoms. The number of hydrogen-bond acceptors (Lipinski definition) is 3. The third-order valence-electron chi connectivity index (χ3n) is 3.25. The fraction of sp³-hybridized carbons (Fsp3) is 0.312. The highest BCUT2D eigenvalue weighted by Gasteiger charge is 2.07. The number of likely N-dealkylation sites (N-methyl/N-ethyl adjacent to an activating group) is 1. The van der Waals surface area contributed by atoms with E-state index < -0.39 is 0 Å². The normalized spacial score (nSPS) is 10.5. The van der Waals surface area contributed by atoms with Crippen LogP contribution in [-0.4, -0.2) is 23.7 Å². The Labute approximate surface area is 114 Å². The van der Waals surface area contributed by atoms with E-state index in [0.29, 0.717) is 0 Å². The van der Waals surface area contributed by atoms with Crippen LogP contribution in [0.1, 0.15) is 16.8 Å². The van der Waals surface area contributed by atoms with Gasteiger partial charge in [0.2, 0.25) is 0 Å². The van der Waals surface area contributed by atoms with E-state index in [1.54, 1.807) is 0 Å². The molecular formula is C16H20N2O. The maximum absolute atomic E-state index is 9.44. The summed E-state index contributed by atoms with van der Waals surface area (Å²) in [6, 6.07) is 12.2. The SMILES string of the molecule is Cc1ccc(N(C)CCc2ccccn2)c(CO)c1. The summed E-state index contributed by atoms with van der Waals surface area (Å²) in [7, 11) is 2.05. The summed E-state index contributed by atoms with van der Waals surface area (Å²) in [6.45, 7) is 2.99. The third-order valence-corrected chi connectivity index (χ3v) is 3.25. The minimum atomic E-state index is 0.0743. The lowest BCUT2D eigenvalue weighted by molar-refractivity contribution is 0.282. The van der Waals surface area contributed by atoms with Gasteiger partial charge in [-0.2, -0.15) is 0 Å². The van der Waals surface area contributed by atoms with E-state index in [2.05, 4.69) is 22.0 Å². The zero-order chi connectivity index (χ0) is 13.7. The Morgan fingerprint density at radius 3 is 2.74 bits per heavy atom. The molecule has 0 amide bonds. The van der Waals surface area contributed by atoms with Crippen LogP contribution in [0.2, 0.25) is 0 Å². The quantitative estimate of drug-likeness (QED) is 0.893. The van der Waals surface area contributed by atoms with E-state index in [4.69, 9.17) is 0 Å². The molecule has 0 radical (unpaired) electrons. The predicted molar refractivity (Wildman–Crippen MR) is 78.3 cm³/mol. The lowest BCUT2D eigenvalue weighted by Gasteiger charge is -2.22. The zero-order valence-corrected chi connectivity index (χ0v) is 11.5. The van der Waals surface area contributed by atoms with E-state index in [9.17, 15) is 5.11 Å². The molecule has 100 valence electrons. The molecule has 1 heterocycles. The van der Waals surface area contributed by atoms with Crippen molar-refractivity contribution in [3.05, 3.63) is 59.4 Å². The van der Waals surface area contributed by atoms with Crippen LogP contribution in [0.4, 0.5) is 5.69 Å². The van der Waals surface area contributed by atoms with Crippen LogP contribution in [0.25, 0.3) is 0 Å². The summed E-state index contributed by atoms with van der Waals surface area (Å²) in [5.74, 6) is 0. The van der Waals surface area contributed by atoms with E-state index >= 15 is 0 Å². The second kappa shape index (κ2) is 6.34. The lowest BCUT2D eigenvalue weighted by atomic mass is 10.1. The first-order valence-electron chi connectivity index (χ1n) is 6.52. The van der Waals surface area contributed by atoms with Crippen molar-refractivity contribution in [3.8, 4) is 0 Å². The van der Waals surface area contributed by atoms with Gasteiger partial charge in [-0.3, -0.25) is 4.98 Å². The summed E-state index contributed by atoms with van der Waals surface area (Å²) in [5, 5.41) is 9.44. The number of pyridine rings is 1. The molecule has 1 N–H and O–H groups in total. The summed E-state index contributed by atoms with van der Waals surface area (Å²) in [4.78, 5) is 6.49. The van der Waals surface area contributed by atoms with Gasteiger partial charge in [-0.25, -0.2) is 0 Å². The van der Waals surface area contributed by atoms with Crippen molar-refractivity contribution in [2.24, 2.45) is 0 Å². The summed E-state index contributed by atoms with van der Waals surface area (Å²) in [6.07, 6.45) is 2.72. The highest BCUT2D eigenvalue weighted by Crippen LogP contribution is 2.21. The summed E-state index contributed by atoms with van der Waals surface area (Å²) < 4.78 is 0. The Kier molecular flexibility index (Phi) is 4.53. The Balaban J connectivity index is 2.05. The first-order valence-corrected chi connectivity index (χ1v) is 6.52. The topological polar surface area (TPSA) is 36.4 Å². The molecule has 1 aromatic heterocycles. The monoisotopic (exact) mass is 256 g/mol. The van der Waals surface area contributed by atoms with Gasteiger partial charge in [0.15, 0.2) is 0 Å². The molecule has 0 unspecified atom stereocenters. The van der Waals surface area contributed by atoms with Crippen molar-refractivity contribution in [2.45, 2.75) is 20.0 Å². The van der Waals surface area contributed by atoms with Crippen molar-refractivity contribution in [2.75, 3.05) is 18.5 Å². The number of nitrogens with zero attached hydrogens (tertiary/aromatic N) is 2. The molecule has 1 aromatic carbocycles. The van der Waals surface area contributed by atoms with Crippen molar-refractivity contribution in [3.63, 3.8) is 0 Å².